The summed E-state index contributed by atoms with van der Waals surface area (Å²) in [5, 5.41) is 23.1. The fourth-order valence-electron chi connectivity index (χ4n) is 4.05. The molecule has 0 spiro atoms. The Morgan fingerprint density at radius 2 is 2.04 bits per heavy atom. The molecule has 0 saturated carbocycles. The molecule has 4 heterocycles. The zero-order valence-electron chi connectivity index (χ0n) is 15.4. The average molecular weight is 430 g/mol. The molecule has 3 aliphatic rings. The summed E-state index contributed by atoms with van der Waals surface area (Å²) in [6, 6.07) is 3.17. The van der Waals surface area contributed by atoms with E-state index < -0.39 is 5.97 Å². The van der Waals surface area contributed by atoms with Crippen molar-refractivity contribution in [3.05, 3.63) is 39.5 Å². The van der Waals surface area contributed by atoms with Crippen LogP contribution < -0.4 is 34.7 Å². The van der Waals surface area contributed by atoms with E-state index in [0.29, 0.717) is 32.4 Å². The van der Waals surface area contributed by atoms with Gasteiger partial charge in [0.15, 0.2) is 0 Å². The first-order valence-electron chi connectivity index (χ1n) is 8.81. The Bertz CT molecular complexity index is 965. The molecule has 0 aliphatic carbocycles. The second-order valence-corrected chi connectivity index (χ2v) is 7.88. The van der Waals surface area contributed by atoms with Crippen LogP contribution in [0.3, 0.4) is 0 Å². The Balaban J connectivity index is 0.00000225. The molecule has 1 atom stereocenters. The minimum absolute atomic E-state index is 0. The molecule has 142 valence electrons. The van der Waals surface area contributed by atoms with Gasteiger partial charge in [0.2, 0.25) is 0 Å². The van der Waals surface area contributed by atoms with E-state index in [0.717, 1.165) is 32.5 Å². The van der Waals surface area contributed by atoms with Crippen molar-refractivity contribution in [1.82, 2.24) is 9.88 Å². The average Bonchev–Trinajstić information content (AvgIpc) is 3.00. The van der Waals surface area contributed by atoms with Gasteiger partial charge in [-0.3, -0.25) is 4.99 Å². The fourth-order valence-corrected chi connectivity index (χ4v) is 4.64. The number of carboxylic acid groups (broad SMARTS) is 1. The van der Waals surface area contributed by atoms with Crippen LogP contribution in [0.1, 0.15) is 28.9 Å². The Hall–Kier alpha value is -1.02. The van der Waals surface area contributed by atoms with E-state index in [-0.39, 0.29) is 47.2 Å². The summed E-state index contributed by atoms with van der Waals surface area (Å²) in [6.45, 7) is 2.99. The molecular formula is C19H18Cl2N3NaO3. The first-order valence-corrected chi connectivity index (χ1v) is 9.57. The van der Waals surface area contributed by atoms with Crippen molar-refractivity contribution in [3.8, 4) is 0 Å². The van der Waals surface area contributed by atoms with Crippen molar-refractivity contribution in [2.45, 2.75) is 18.9 Å². The van der Waals surface area contributed by atoms with Gasteiger partial charge in [0.1, 0.15) is 5.69 Å². The van der Waals surface area contributed by atoms with E-state index in [1.165, 1.54) is 12.2 Å². The molecule has 2 bridgehead atoms. The van der Waals surface area contributed by atoms with Crippen molar-refractivity contribution in [1.29, 1.82) is 0 Å². The van der Waals surface area contributed by atoms with Crippen LogP contribution in [0.2, 0.25) is 10.0 Å². The second-order valence-electron chi connectivity index (χ2n) is 7.04. The Labute approximate surface area is 194 Å². The minimum Gasteiger partial charge on any atom is -0.859 e. The van der Waals surface area contributed by atoms with Crippen LogP contribution in [0, 0.1) is 5.92 Å². The van der Waals surface area contributed by atoms with Crippen LogP contribution in [-0.2, 0) is 0 Å². The predicted octanol–water partition coefficient (Wildman–Crippen LogP) is 0.0431. The molecule has 9 heteroatoms. The molecule has 3 aliphatic heterocycles. The largest absolute Gasteiger partial charge is 1.00 e. The van der Waals surface area contributed by atoms with Gasteiger partial charge in [-0.25, -0.2) is 4.79 Å². The number of nitrogens with one attached hydrogen (secondary N) is 1. The number of aromatic nitrogens is 1. The van der Waals surface area contributed by atoms with Gasteiger partial charge in [0, 0.05) is 28.0 Å². The zero-order chi connectivity index (χ0) is 19.1. The third-order valence-corrected chi connectivity index (χ3v) is 5.89. The summed E-state index contributed by atoms with van der Waals surface area (Å²) in [5.74, 6) is -1.03. The standard InChI is InChI=1S/C19H19Cl2N3O3.Na/c20-11-7-13(21)17-12(18(19(26)27)23-14(17)8-11)1-2-16(25)22-15-9-24-5-3-10(15)4-6-24;/h1-2,7-8,10,15,23H,3-6,9H2,(H,22,25)(H,26,27);/q;+1/p-1/b2-1+;. The molecule has 2 aromatic rings. The van der Waals surface area contributed by atoms with Crippen molar-refractivity contribution in [3.63, 3.8) is 0 Å². The van der Waals surface area contributed by atoms with Crippen molar-refractivity contribution >= 4 is 52.0 Å². The maximum Gasteiger partial charge on any atom is 1.00 e. The molecular weight excluding hydrogens is 412 g/mol. The maximum absolute atomic E-state index is 12.4. The maximum atomic E-state index is 12.4. The topological polar surface area (TPSA) is 91.7 Å². The molecule has 0 amide bonds. The number of H-pyrrole nitrogens is 1. The Kier molecular flexibility index (Phi) is 6.80. The summed E-state index contributed by atoms with van der Waals surface area (Å²) in [5.41, 5.74) is 0.809. The van der Waals surface area contributed by atoms with Gasteiger partial charge in [-0.2, -0.15) is 0 Å². The van der Waals surface area contributed by atoms with Crippen LogP contribution in [0.5, 0.6) is 0 Å². The van der Waals surface area contributed by atoms with Gasteiger partial charge in [-0.05, 0) is 49.9 Å². The van der Waals surface area contributed by atoms with Crippen LogP contribution in [0.25, 0.3) is 17.0 Å². The van der Waals surface area contributed by atoms with Gasteiger partial charge in [0.05, 0.1) is 11.1 Å². The number of fused-ring (bicyclic) bond motifs is 4. The van der Waals surface area contributed by atoms with Gasteiger partial charge in [0.25, 0.3) is 0 Å². The number of aliphatic imine (C=N–C) groups is 1. The second kappa shape index (κ2) is 8.78. The van der Waals surface area contributed by atoms with Crippen LogP contribution in [0.4, 0.5) is 0 Å². The number of halogens is 2. The zero-order valence-corrected chi connectivity index (χ0v) is 18.9. The molecule has 3 fully saturated rings. The molecule has 28 heavy (non-hydrogen) atoms. The smallest absolute Gasteiger partial charge is 0.859 e. The number of carboxylic acids is 1. The monoisotopic (exact) mass is 429 g/mol. The van der Waals surface area contributed by atoms with E-state index in [1.54, 1.807) is 12.1 Å². The van der Waals surface area contributed by atoms with Gasteiger partial charge in [-0.1, -0.05) is 35.4 Å². The molecule has 2 N–H and O–H groups in total. The molecule has 3 saturated heterocycles. The third kappa shape index (κ3) is 4.27. The van der Waals surface area contributed by atoms with E-state index in [4.69, 9.17) is 23.2 Å². The molecule has 1 unspecified atom stereocenters. The number of hydrogen-bond donors (Lipinski definition) is 2. The minimum atomic E-state index is -1.14. The van der Waals surface area contributed by atoms with Crippen LogP contribution in [0.15, 0.2) is 23.2 Å². The van der Waals surface area contributed by atoms with E-state index in [2.05, 4.69) is 14.9 Å². The summed E-state index contributed by atoms with van der Waals surface area (Å²) in [7, 11) is 0. The number of hydrogen-bond acceptors (Lipinski definition) is 4. The number of piperidine rings is 3. The number of aromatic amines is 1. The van der Waals surface area contributed by atoms with E-state index in [1.807, 2.05) is 0 Å². The van der Waals surface area contributed by atoms with Crippen LogP contribution >= 0.6 is 23.2 Å². The Morgan fingerprint density at radius 1 is 1.32 bits per heavy atom. The summed E-state index contributed by atoms with van der Waals surface area (Å²) < 4.78 is 0. The number of nitrogens with zero attached hydrogens (tertiary/aromatic N) is 2. The van der Waals surface area contributed by atoms with Crippen molar-refractivity contribution in [2.24, 2.45) is 10.9 Å². The molecule has 5 rings (SSSR count). The van der Waals surface area contributed by atoms with Crippen LogP contribution in [-0.4, -0.2) is 52.5 Å². The quantitative estimate of drug-likeness (QED) is 0.407. The number of aromatic carboxylic acids is 1. The SMILES string of the molecule is O=C(O)c1[nH]c2cc(Cl)cc(Cl)c2c1/C=C/C([O-])=NC1CN2CCC1CC2.[Na+]. The van der Waals surface area contributed by atoms with E-state index in [9.17, 15) is 15.0 Å². The predicted molar refractivity (Wildman–Crippen MR) is 105 cm³/mol. The molecule has 1 aromatic heterocycles. The van der Waals surface area contributed by atoms with E-state index >= 15 is 0 Å². The molecule has 1 aromatic carbocycles. The van der Waals surface area contributed by atoms with Gasteiger partial charge < -0.3 is 20.1 Å². The number of rotatable bonds is 4. The summed E-state index contributed by atoms with van der Waals surface area (Å²) in [6.07, 6.45) is 4.94. The van der Waals surface area contributed by atoms with Crippen molar-refractivity contribution < 1.29 is 44.6 Å². The third-order valence-electron chi connectivity index (χ3n) is 5.37. The first-order chi connectivity index (χ1) is 12.9. The van der Waals surface area contributed by atoms with Crippen molar-refractivity contribution in [2.75, 3.05) is 19.6 Å². The number of benzene rings is 1. The van der Waals surface area contributed by atoms with Gasteiger partial charge >= 0.3 is 35.5 Å². The normalized spacial score (nSPS) is 24.6. The summed E-state index contributed by atoms with van der Waals surface area (Å²) >= 11 is 12.2. The first kappa shape index (κ1) is 21.7. The summed E-state index contributed by atoms with van der Waals surface area (Å²) in [4.78, 5) is 21.0. The Morgan fingerprint density at radius 3 is 2.64 bits per heavy atom. The molecule has 0 radical (unpaired) electrons. The van der Waals surface area contributed by atoms with Gasteiger partial charge in [-0.15, -0.1) is 0 Å². The fraction of sp³-hybridized carbons (Fsp3) is 0.368. The number of carbonyl (C=O) groups is 1. The molecule has 6 nitrogen and oxygen atoms in total.